The van der Waals surface area contributed by atoms with E-state index in [9.17, 15) is 4.79 Å². The number of rotatable bonds is 5. The van der Waals surface area contributed by atoms with E-state index in [0.29, 0.717) is 22.5 Å². The van der Waals surface area contributed by atoms with Crippen molar-refractivity contribution in [2.75, 3.05) is 13.7 Å². The highest BCUT2D eigenvalue weighted by atomic mass is 79.9. The quantitative estimate of drug-likeness (QED) is 0.909. The maximum Gasteiger partial charge on any atom is 0.270 e. The average molecular weight is 336 g/mol. The van der Waals surface area contributed by atoms with Crippen LogP contribution in [0.4, 0.5) is 0 Å². The first-order valence-corrected chi connectivity index (χ1v) is 6.86. The minimum Gasteiger partial charge on any atom is -0.495 e. The normalized spacial score (nSPS) is 10.1. The monoisotopic (exact) mass is 335 g/mol. The third-order valence-electron chi connectivity index (χ3n) is 2.72. The molecule has 2 heterocycles. The summed E-state index contributed by atoms with van der Waals surface area (Å²) in [6, 6.07) is 5.45. The van der Waals surface area contributed by atoms with Gasteiger partial charge in [0.1, 0.15) is 11.4 Å². The van der Waals surface area contributed by atoms with Gasteiger partial charge in [0, 0.05) is 31.2 Å². The third-order valence-corrected chi connectivity index (χ3v) is 3.32. The number of nitrogens with one attached hydrogen (secondary N) is 1. The molecular weight excluding hydrogens is 322 g/mol. The Bertz CT molecular complexity index is 590. The minimum atomic E-state index is -0.218. The van der Waals surface area contributed by atoms with E-state index in [0.717, 1.165) is 12.0 Å². The van der Waals surface area contributed by atoms with Crippen molar-refractivity contribution >= 4 is 21.8 Å². The summed E-state index contributed by atoms with van der Waals surface area (Å²) in [5.41, 5.74) is 1.46. The molecule has 0 spiro atoms. The lowest BCUT2D eigenvalue weighted by atomic mass is 10.2. The highest BCUT2D eigenvalue weighted by Crippen LogP contribution is 2.23. The van der Waals surface area contributed by atoms with E-state index in [2.05, 4.69) is 31.2 Å². The topological polar surface area (TPSA) is 64.1 Å². The van der Waals surface area contributed by atoms with Gasteiger partial charge in [0.2, 0.25) is 0 Å². The van der Waals surface area contributed by atoms with E-state index in [1.165, 1.54) is 0 Å². The van der Waals surface area contributed by atoms with Gasteiger partial charge in [-0.1, -0.05) is 0 Å². The van der Waals surface area contributed by atoms with Gasteiger partial charge >= 0.3 is 0 Å². The zero-order chi connectivity index (χ0) is 14.4. The lowest BCUT2D eigenvalue weighted by Crippen LogP contribution is -2.26. The zero-order valence-electron chi connectivity index (χ0n) is 11.0. The van der Waals surface area contributed by atoms with Crippen LogP contribution < -0.4 is 10.1 Å². The maximum atomic E-state index is 12.0. The first-order chi connectivity index (χ1) is 9.70. The van der Waals surface area contributed by atoms with Gasteiger partial charge in [0.25, 0.3) is 5.91 Å². The number of carbonyl (C=O) groups excluding carboxylic acids is 1. The van der Waals surface area contributed by atoms with E-state index < -0.39 is 0 Å². The van der Waals surface area contributed by atoms with E-state index in [1.54, 1.807) is 31.8 Å². The number of pyridine rings is 2. The number of halogens is 1. The fraction of sp³-hybridized carbons (Fsp3) is 0.214. The number of aromatic nitrogens is 2. The number of nitrogens with zero attached hydrogens (tertiary/aromatic N) is 2. The number of amides is 1. The summed E-state index contributed by atoms with van der Waals surface area (Å²) in [6.45, 7) is 0.545. The molecule has 0 aliphatic heterocycles. The van der Waals surface area contributed by atoms with E-state index in [4.69, 9.17) is 4.74 Å². The van der Waals surface area contributed by atoms with Crippen LogP contribution in [0, 0.1) is 0 Å². The van der Waals surface area contributed by atoms with E-state index >= 15 is 0 Å². The number of carbonyl (C=O) groups is 1. The van der Waals surface area contributed by atoms with Gasteiger partial charge in [0.15, 0.2) is 0 Å². The van der Waals surface area contributed by atoms with E-state index in [-0.39, 0.29) is 5.91 Å². The van der Waals surface area contributed by atoms with Crippen molar-refractivity contribution in [3.8, 4) is 5.75 Å². The molecule has 2 aromatic rings. The van der Waals surface area contributed by atoms with Crippen molar-refractivity contribution in [3.63, 3.8) is 0 Å². The van der Waals surface area contributed by atoms with Crippen LogP contribution in [0.5, 0.6) is 5.75 Å². The molecular formula is C14H14BrN3O2. The molecule has 20 heavy (non-hydrogen) atoms. The third kappa shape index (κ3) is 3.77. The molecule has 0 aliphatic rings. The van der Waals surface area contributed by atoms with Gasteiger partial charge in [-0.15, -0.1) is 0 Å². The van der Waals surface area contributed by atoms with E-state index in [1.807, 2.05) is 12.1 Å². The Kier molecular flexibility index (Phi) is 5.06. The molecule has 0 fully saturated rings. The molecule has 2 aromatic heterocycles. The first kappa shape index (κ1) is 14.5. The summed E-state index contributed by atoms with van der Waals surface area (Å²) in [4.78, 5) is 20.0. The summed E-state index contributed by atoms with van der Waals surface area (Å²) < 4.78 is 5.85. The van der Waals surface area contributed by atoms with Crippen LogP contribution in [-0.4, -0.2) is 29.5 Å². The Hall–Kier alpha value is -1.95. The Morgan fingerprint density at radius 2 is 2.15 bits per heavy atom. The van der Waals surface area contributed by atoms with Crippen LogP contribution in [0.1, 0.15) is 16.1 Å². The molecule has 104 valence electrons. The SMILES string of the molecule is COc1cc(C(=O)NCCc2ccncc2)ncc1Br. The zero-order valence-corrected chi connectivity index (χ0v) is 12.6. The molecule has 0 bridgehead atoms. The molecule has 0 radical (unpaired) electrons. The Morgan fingerprint density at radius 1 is 1.40 bits per heavy atom. The number of hydrogen-bond donors (Lipinski definition) is 1. The van der Waals surface area contributed by atoms with Crippen molar-refractivity contribution in [2.45, 2.75) is 6.42 Å². The molecule has 0 unspecified atom stereocenters. The molecule has 2 rings (SSSR count). The maximum absolute atomic E-state index is 12.0. The van der Waals surface area contributed by atoms with Gasteiger partial charge in [-0.25, -0.2) is 4.98 Å². The molecule has 5 nitrogen and oxygen atoms in total. The predicted octanol–water partition coefficient (Wildman–Crippen LogP) is 2.22. The number of hydrogen-bond acceptors (Lipinski definition) is 4. The Labute approximate surface area is 125 Å². The van der Waals surface area contributed by atoms with Crippen molar-refractivity contribution in [1.82, 2.24) is 15.3 Å². The van der Waals surface area contributed by atoms with Crippen molar-refractivity contribution in [1.29, 1.82) is 0 Å². The van der Waals surface area contributed by atoms with Crippen LogP contribution in [-0.2, 0) is 6.42 Å². The molecule has 1 amide bonds. The molecule has 0 atom stereocenters. The van der Waals surface area contributed by atoms with Crippen LogP contribution in [0.2, 0.25) is 0 Å². The number of methoxy groups -OCH3 is 1. The second-order valence-corrected chi connectivity index (χ2v) is 4.92. The molecule has 0 aromatic carbocycles. The standard InChI is InChI=1S/C14H14BrN3O2/c1-20-13-8-12(18-9-11(13)15)14(19)17-7-4-10-2-5-16-6-3-10/h2-3,5-6,8-9H,4,7H2,1H3,(H,17,19). The predicted molar refractivity (Wildman–Crippen MR) is 78.8 cm³/mol. The average Bonchev–Trinajstić information content (AvgIpc) is 2.48. The Balaban J connectivity index is 1.92. The summed E-state index contributed by atoms with van der Waals surface area (Å²) in [6.07, 6.45) is 5.77. The van der Waals surface area contributed by atoms with Gasteiger partial charge < -0.3 is 10.1 Å². The second kappa shape index (κ2) is 7.00. The Morgan fingerprint density at radius 3 is 2.85 bits per heavy atom. The fourth-order valence-electron chi connectivity index (χ4n) is 1.66. The van der Waals surface area contributed by atoms with Crippen LogP contribution in [0.15, 0.2) is 41.3 Å². The van der Waals surface area contributed by atoms with Gasteiger partial charge in [-0.2, -0.15) is 0 Å². The lowest BCUT2D eigenvalue weighted by Gasteiger charge is -2.07. The summed E-state index contributed by atoms with van der Waals surface area (Å²) >= 11 is 3.30. The molecule has 0 saturated carbocycles. The minimum absolute atomic E-state index is 0.218. The van der Waals surface area contributed by atoms with Gasteiger partial charge in [-0.3, -0.25) is 9.78 Å². The van der Waals surface area contributed by atoms with Gasteiger partial charge in [0.05, 0.1) is 11.6 Å². The summed E-state index contributed by atoms with van der Waals surface area (Å²) in [7, 11) is 1.55. The smallest absolute Gasteiger partial charge is 0.270 e. The number of ether oxygens (including phenoxy) is 1. The molecule has 0 aliphatic carbocycles. The van der Waals surface area contributed by atoms with Crippen LogP contribution in [0.3, 0.4) is 0 Å². The lowest BCUT2D eigenvalue weighted by molar-refractivity contribution is 0.0948. The highest BCUT2D eigenvalue weighted by molar-refractivity contribution is 9.10. The van der Waals surface area contributed by atoms with Crippen molar-refractivity contribution in [2.24, 2.45) is 0 Å². The first-order valence-electron chi connectivity index (χ1n) is 6.07. The van der Waals surface area contributed by atoms with Crippen molar-refractivity contribution < 1.29 is 9.53 Å². The van der Waals surface area contributed by atoms with Gasteiger partial charge in [-0.05, 0) is 40.0 Å². The van der Waals surface area contributed by atoms with Crippen LogP contribution in [0.25, 0.3) is 0 Å². The molecule has 6 heteroatoms. The summed E-state index contributed by atoms with van der Waals surface area (Å²) in [5.74, 6) is 0.365. The summed E-state index contributed by atoms with van der Waals surface area (Å²) in [5, 5.41) is 2.83. The highest BCUT2D eigenvalue weighted by Gasteiger charge is 2.10. The molecule has 0 saturated heterocycles. The molecule has 1 N–H and O–H groups in total. The van der Waals surface area contributed by atoms with Crippen molar-refractivity contribution in [3.05, 3.63) is 52.5 Å². The fourth-order valence-corrected chi connectivity index (χ4v) is 2.04. The largest absolute Gasteiger partial charge is 0.495 e. The second-order valence-electron chi connectivity index (χ2n) is 4.07. The van der Waals surface area contributed by atoms with Crippen LogP contribution >= 0.6 is 15.9 Å².